The molecule has 0 atom stereocenters. The lowest BCUT2D eigenvalue weighted by Crippen LogP contribution is -2.29. The van der Waals surface area contributed by atoms with E-state index in [1.54, 1.807) is 14.2 Å². The summed E-state index contributed by atoms with van der Waals surface area (Å²) in [5.41, 5.74) is 1.02. The number of pyridine rings is 1. The van der Waals surface area contributed by atoms with Crippen molar-refractivity contribution < 1.29 is 9.47 Å². The number of halogens is 1. The molecule has 0 aliphatic rings. The van der Waals surface area contributed by atoms with Gasteiger partial charge in [-0.05, 0) is 6.07 Å². The monoisotopic (exact) mass is 302 g/mol. The predicted octanol–water partition coefficient (Wildman–Crippen LogP) is 1.93. The molecule has 0 aliphatic heterocycles. The predicted molar refractivity (Wildman–Crippen MR) is 71.7 cm³/mol. The van der Waals surface area contributed by atoms with Gasteiger partial charge < -0.3 is 9.47 Å². The number of hydrogen-bond acceptors (Lipinski definition) is 4. The van der Waals surface area contributed by atoms with Crippen molar-refractivity contribution in [2.45, 2.75) is 6.54 Å². The molecule has 5 heteroatoms. The van der Waals surface area contributed by atoms with Crippen molar-refractivity contribution >= 4 is 15.9 Å². The fourth-order valence-corrected chi connectivity index (χ4v) is 2.00. The number of aromatic nitrogens is 1. The molecule has 0 radical (unpaired) electrons. The van der Waals surface area contributed by atoms with Gasteiger partial charge in [0.1, 0.15) is 0 Å². The molecule has 0 saturated heterocycles. The largest absolute Gasteiger partial charge is 0.481 e. The molecule has 0 bridgehead atoms. The maximum absolute atomic E-state index is 5.11. The molecule has 0 aliphatic carbocycles. The maximum atomic E-state index is 5.11. The van der Waals surface area contributed by atoms with Crippen molar-refractivity contribution in [3.8, 4) is 5.88 Å². The van der Waals surface area contributed by atoms with Gasteiger partial charge in [-0.15, -0.1) is 0 Å². The quantitative estimate of drug-likeness (QED) is 0.687. The van der Waals surface area contributed by atoms with Crippen LogP contribution in [-0.4, -0.2) is 49.1 Å². The van der Waals surface area contributed by atoms with Crippen LogP contribution in [-0.2, 0) is 11.3 Å². The van der Waals surface area contributed by atoms with Crippen LogP contribution in [0.2, 0.25) is 0 Å². The summed E-state index contributed by atoms with van der Waals surface area (Å²) < 4.78 is 10.2. The molecule has 17 heavy (non-hydrogen) atoms. The highest BCUT2D eigenvalue weighted by molar-refractivity contribution is 9.09. The van der Waals surface area contributed by atoms with E-state index >= 15 is 0 Å². The zero-order chi connectivity index (χ0) is 12.5. The Morgan fingerprint density at radius 3 is 2.76 bits per heavy atom. The van der Waals surface area contributed by atoms with Crippen LogP contribution in [0.3, 0.4) is 0 Å². The number of rotatable bonds is 8. The summed E-state index contributed by atoms with van der Waals surface area (Å²) in [6.07, 6.45) is 0. The number of ether oxygens (including phenoxy) is 2. The molecular formula is C12H19BrN2O2. The van der Waals surface area contributed by atoms with Gasteiger partial charge in [-0.2, -0.15) is 0 Å². The minimum Gasteiger partial charge on any atom is -0.481 e. The van der Waals surface area contributed by atoms with Crippen LogP contribution < -0.4 is 4.74 Å². The third kappa shape index (κ3) is 5.48. The molecule has 0 N–H and O–H groups in total. The van der Waals surface area contributed by atoms with Crippen molar-refractivity contribution in [1.82, 2.24) is 9.88 Å². The Morgan fingerprint density at radius 1 is 1.29 bits per heavy atom. The summed E-state index contributed by atoms with van der Waals surface area (Å²) in [6, 6.07) is 5.83. The first-order chi connectivity index (χ1) is 8.30. The lowest BCUT2D eigenvalue weighted by Gasteiger charge is -2.20. The summed E-state index contributed by atoms with van der Waals surface area (Å²) in [5, 5.41) is 0.945. The summed E-state index contributed by atoms with van der Waals surface area (Å²) in [6.45, 7) is 3.42. The van der Waals surface area contributed by atoms with Crippen LogP contribution in [0.4, 0.5) is 0 Å². The average molecular weight is 303 g/mol. The molecular weight excluding hydrogens is 284 g/mol. The molecule has 1 heterocycles. The summed E-state index contributed by atoms with van der Waals surface area (Å²) in [7, 11) is 3.35. The Bertz CT molecular complexity index is 323. The number of nitrogens with zero attached hydrogens (tertiary/aromatic N) is 2. The minimum absolute atomic E-state index is 0.660. The minimum atomic E-state index is 0.660. The highest BCUT2D eigenvalue weighted by Gasteiger charge is 2.06. The Balaban J connectivity index is 2.57. The molecule has 1 aromatic heterocycles. The SMILES string of the molecule is COCCN(CCBr)Cc1cccc(OC)n1. The molecule has 1 aromatic rings. The zero-order valence-electron chi connectivity index (χ0n) is 10.4. The van der Waals surface area contributed by atoms with Crippen LogP contribution >= 0.6 is 15.9 Å². The second-order valence-electron chi connectivity index (χ2n) is 3.63. The average Bonchev–Trinajstić information content (AvgIpc) is 2.36. The van der Waals surface area contributed by atoms with Crippen molar-refractivity contribution in [3.05, 3.63) is 23.9 Å². The van der Waals surface area contributed by atoms with Gasteiger partial charge in [0, 0.05) is 38.1 Å². The Hall–Kier alpha value is -0.650. The van der Waals surface area contributed by atoms with E-state index in [9.17, 15) is 0 Å². The van der Waals surface area contributed by atoms with Crippen LogP contribution in [0.15, 0.2) is 18.2 Å². The lowest BCUT2D eigenvalue weighted by molar-refractivity contribution is 0.147. The first kappa shape index (κ1) is 14.4. The Kier molecular flexibility index (Phi) is 7.16. The maximum Gasteiger partial charge on any atom is 0.213 e. The Morgan fingerprint density at radius 2 is 2.12 bits per heavy atom. The van der Waals surface area contributed by atoms with E-state index in [2.05, 4.69) is 25.8 Å². The molecule has 4 nitrogen and oxygen atoms in total. The van der Waals surface area contributed by atoms with Crippen LogP contribution in [0.5, 0.6) is 5.88 Å². The standard InChI is InChI=1S/C12H19BrN2O2/c1-16-9-8-15(7-6-13)10-11-4-3-5-12(14-11)17-2/h3-5H,6-10H2,1-2H3. The third-order valence-corrected chi connectivity index (χ3v) is 2.74. The highest BCUT2D eigenvalue weighted by atomic mass is 79.9. The molecule has 0 saturated carbocycles. The van der Waals surface area contributed by atoms with Gasteiger partial charge in [-0.3, -0.25) is 4.90 Å². The molecule has 0 fully saturated rings. The first-order valence-electron chi connectivity index (χ1n) is 5.57. The molecule has 0 amide bonds. The first-order valence-corrected chi connectivity index (χ1v) is 6.69. The lowest BCUT2D eigenvalue weighted by atomic mass is 10.3. The van der Waals surface area contributed by atoms with Crippen LogP contribution in [0, 0.1) is 0 Å². The summed E-state index contributed by atoms with van der Waals surface area (Å²) >= 11 is 3.46. The van der Waals surface area contributed by atoms with Gasteiger partial charge >= 0.3 is 0 Å². The topological polar surface area (TPSA) is 34.6 Å². The smallest absolute Gasteiger partial charge is 0.213 e. The van der Waals surface area contributed by atoms with Gasteiger partial charge in [0.25, 0.3) is 0 Å². The van der Waals surface area contributed by atoms with Crippen molar-refractivity contribution in [3.63, 3.8) is 0 Å². The van der Waals surface area contributed by atoms with E-state index in [1.807, 2.05) is 18.2 Å². The van der Waals surface area contributed by atoms with Crippen LogP contribution in [0.1, 0.15) is 5.69 Å². The fourth-order valence-electron chi connectivity index (χ4n) is 1.50. The van der Waals surface area contributed by atoms with E-state index in [0.29, 0.717) is 5.88 Å². The second kappa shape index (κ2) is 8.44. The van der Waals surface area contributed by atoms with Gasteiger partial charge in [-0.25, -0.2) is 4.98 Å². The van der Waals surface area contributed by atoms with E-state index in [-0.39, 0.29) is 0 Å². The van der Waals surface area contributed by atoms with E-state index in [1.165, 1.54) is 0 Å². The van der Waals surface area contributed by atoms with Gasteiger partial charge in [-0.1, -0.05) is 22.0 Å². The highest BCUT2D eigenvalue weighted by Crippen LogP contribution is 2.09. The number of hydrogen-bond donors (Lipinski definition) is 0. The fraction of sp³-hybridized carbons (Fsp3) is 0.583. The number of methoxy groups -OCH3 is 2. The molecule has 0 unspecified atom stereocenters. The van der Waals surface area contributed by atoms with Crippen molar-refractivity contribution in [2.24, 2.45) is 0 Å². The normalized spacial score (nSPS) is 10.8. The summed E-state index contributed by atoms with van der Waals surface area (Å²) in [4.78, 5) is 6.69. The van der Waals surface area contributed by atoms with Crippen molar-refractivity contribution in [1.29, 1.82) is 0 Å². The second-order valence-corrected chi connectivity index (χ2v) is 4.42. The summed E-state index contributed by atoms with van der Waals surface area (Å²) in [5.74, 6) is 0.660. The molecule has 1 rings (SSSR count). The van der Waals surface area contributed by atoms with Crippen LogP contribution in [0.25, 0.3) is 0 Å². The van der Waals surface area contributed by atoms with E-state index < -0.39 is 0 Å². The molecule has 0 aromatic carbocycles. The number of alkyl halides is 1. The van der Waals surface area contributed by atoms with Gasteiger partial charge in [0.2, 0.25) is 5.88 Å². The molecule has 0 spiro atoms. The zero-order valence-corrected chi connectivity index (χ0v) is 11.9. The Labute approximate surface area is 111 Å². The van der Waals surface area contributed by atoms with Crippen molar-refractivity contribution in [2.75, 3.05) is 39.2 Å². The van der Waals surface area contributed by atoms with E-state index in [0.717, 1.165) is 37.3 Å². The van der Waals surface area contributed by atoms with Gasteiger partial charge in [0.05, 0.1) is 19.4 Å². The van der Waals surface area contributed by atoms with E-state index in [4.69, 9.17) is 9.47 Å². The third-order valence-electron chi connectivity index (χ3n) is 2.39. The molecule has 96 valence electrons. The van der Waals surface area contributed by atoms with Gasteiger partial charge in [0.15, 0.2) is 0 Å².